The Morgan fingerprint density at radius 2 is 1.83 bits per heavy atom. The Labute approximate surface area is 177 Å². The van der Waals surface area contributed by atoms with Crippen LogP contribution in [0.25, 0.3) is 0 Å². The Hall–Kier alpha value is -3.42. The van der Waals surface area contributed by atoms with Gasteiger partial charge in [0, 0.05) is 32.4 Å². The average molecular weight is 415 g/mol. The number of carbonyl (C=O) groups is 1. The molecule has 2 rings (SSSR count). The third-order valence-electron chi connectivity index (χ3n) is 4.17. The van der Waals surface area contributed by atoms with Crippen LogP contribution < -0.4 is 24.8 Å². The maximum atomic E-state index is 11.7. The number of aliphatic imine (C=N–C) groups is 1. The third kappa shape index (κ3) is 6.88. The molecule has 0 fully saturated rings. The Balaban J connectivity index is 2.07. The minimum Gasteiger partial charge on any atom is -0.493 e. The van der Waals surface area contributed by atoms with E-state index < -0.39 is 0 Å². The van der Waals surface area contributed by atoms with E-state index >= 15 is 0 Å². The van der Waals surface area contributed by atoms with Crippen molar-refractivity contribution < 1.29 is 19.0 Å². The highest BCUT2D eigenvalue weighted by Crippen LogP contribution is 2.29. The second-order valence-electron chi connectivity index (χ2n) is 6.61. The van der Waals surface area contributed by atoms with E-state index in [0.717, 1.165) is 17.8 Å². The van der Waals surface area contributed by atoms with Crippen molar-refractivity contribution in [1.29, 1.82) is 0 Å². The highest BCUT2D eigenvalue weighted by atomic mass is 16.5. The van der Waals surface area contributed by atoms with Gasteiger partial charge in [-0.15, -0.1) is 0 Å². The van der Waals surface area contributed by atoms with E-state index in [0.29, 0.717) is 29.8 Å². The number of benzene rings is 2. The molecule has 2 N–H and O–H groups in total. The zero-order valence-corrected chi connectivity index (χ0v) is 18.2. The van der Waals surface area contributed by atoms with Crippen molar-refractivity contribution in [3.05, 3.63) is 48.0 Å². The lowest BCUT2D eigenvalue weighted by molar-refractivity contribution is -0.130. The summed E-state index contributed by atoms with van der Waals surface area (Å²) in [6.45, 7) is 3.17. The lowest BCUT2D eigenvalue weighted by Gasteiger charge is -2.14. The molecule has 0 aliphatic heterocycles. The fourth-order valence-electron chi connectivity index (χ4n) is 2.54. The quantitative estimate of drug-likeness (QED) is 0.485. The summed E-state index contributed by atoms with van der Waals surface area (Å²) in [5.74, 6) is 2.48. The molecule has 2 aromatic rings. The number of guanidine groups is 1. The fraction of sp³-hybridized carbons (Fsp3) is 0.364. The summed E-state index contributed by atoms with van der Waals surface area (Å²) in [6, 6.07) is 13.1. The molecule has 0 radical (unpaired) electrons. The van der Waals surface area contributed by atoms with Crippen molar-refractivity contribution in [2.24, 2.45) is 4.99 Å². The highest BCUT2D eigenvalue weighted by Gasteiger charge is 2.07. The zero-order valence-electron chi connectivity index (χ0n) is 18.2. The van der Waals surface area contributed by atoms with Crippen LogP contribution in [0.4, 0.5) is 5.69 Å². The van der Waals surface area contributed by atoms with Crippen LogP contribution in [-0.4, -0.2) is 58.2 Å². The number of amides is 1. The molecule has 8 heteroatoms. The number of hydrogen-bond acceptors (Lipinski definition) is 5. The van der Waals surface area contributed by atoms with Gasteiger partial charge in [-0.1, -0.05) is 12.1 Å². The van der Waals surface area contributed by atoms with Gasteiger partial charge in [-0.25, -0.2) is 4.99 Å². The second-order valence-corrected chi connectivity index (χ2v) is 6.61. The minimum atomic E-state index is -0.0908. The maximum Gasteiger partial charge on any atom is 0.259 e. The molecule has 0 heterocycles. The first-order valence-electron chi connectivity index (χ1n) is 9.66. The van der Waals surface area contributed by atoms with Gasteiger partial charge in [-0.05, 0) is 36.8 Å². The number of likely N-dealkylation sites (N-methyl/N-ethyl adjacent to an activating group) is 1. The first-order chi connectivity index (χ1) is 14.5. The molecule has 1 amide bonds. The number of nitrogens with zero attached hydrogens (tertiary/aromatic N) is 2. The maximum absolute atomic E-state index is 11.7. The molecule has 0 aromatic heterocycles. The third-order valence-corrected chi connectivity index (χ3v) is 4.17. The van der Waals surface area contributed by atoms with E-state index in [-0.39, 0.29) is 12.5 Å². The first-order valence-corrected chi connectivity index (χ1v) is 9.66. The van der Waals surface area contributed by atoms with Crippen LogP contribution in [0.2, 0.25) is 0 Å². The molecule has 0 aliphatic rings. The van der Waals surface area contributed by atoms with Crippen LogP contribution in [0.15, 0.2) is 47.5 Å². The van der Waals surface area contributed by atoms with Gasteiger partial charge in [-0.2, -0.15) is 0 Å². The summed E-state index contributed by atoms with van der Waals surface area (Å²) in [5.41, 5.74) is 1.79. The monoisotopic (exact) mass is 414 g/mol. The topological polar surface area (TPSA) is 84.4 Å². The van der Waals surface area contributed by atoms with Crippen molar-refractivity contribution in [1.82, 2.24) is 10.2 Å². The Bertz CT molecular complexity index is 868. The SMILES string of the molecule is CCNC(=NCc1cccc(OCC(=O)N(C)C)c1)Nc1ccc(OC)c(OC)c1. The first kappa shape index (κ1) is 22.9. The van der Waals surface area contributed by atoms with E-state index in [1.54, 1.807) is 28.3 Å². The molecule has 0 spiro atoms. The molecule has 0 bridgehead atoms. The minimum absolute atomic E-state index is 0.00319. The predicted octanol–water partition coefficient (Wildman–Crippen LogP) is 2.75. The number of carbonyl (C=O) groups excluding carboxylic acids is 1. The van der Waals surface area contributed by atoms with Crippen molar-refractivity contribution in [2.45, 2.75) is 13.5 Å². The van der Waals surface area contributed by atoms with Crippen molar-refractivity contribution in [3.63, 3.8) is 0 Å². The van der Waals surface area contributed by atoms with Gasteiger partial charge in [-0.3, -0.25) is 4.79 Å². The lowest BCUT2D eigenvalue weighted by Crippen LogP contribution is -2.30. The van der Waals surface area contributed by atoms with Gasteiger partial charge in [0.15, 0.2) is 24.1 Å². The molecular formula is C22H30N4O4. The highest BCUT2D eigenvalue weighted by molar-refractivity contribution is 5.93. The lowest BCUT2D eigenvalue weighted by atomic mass is 10.2. The Morgan fingerprint density at radius 1 is 1.07 bits per heavy atom. The average Bonchev–Trinajstić information content (AvgIpc) is 2.76. The number of nitrogens with one attached hydrogen (secondary N) is 2. The molecular weight excluding hydrogens is 384 g/mol. The molecule has 162 valence electrons. The Morgan fingerprint density at radius 3 is 2.50 bits per heavy atom. The zero-order chi connectivity index (χ0) is 21.9. The van der Waals surface area contributed by atoms with Crippen LogP contribution >= 0.6 is 0 Å². The molecule has 0 aliphatic carbocycles. The molecule has 8 nitrogen and oxygen atoms in total. The van der Waals surface area contributed by atoms with Gasteiger partial charge in [0.1, 0.15) is 5.75 Å². The summed E-state index contributed by atoms with van der Waals surface area (Å²) in [5, 5.41) is 6.49. The van der Waals surface area contributed by atoms with Gasteiger partial charge >= 0.3 is 0 Å². The molecule has 0 saturated carbocycles. The van der Waals surface area contributed by atoms with E-state index in [1.807, 2.05) is 49.4 Å². The van der Waals surface area contributed by atoms with Crippen molar-refractivity contribution in [3.8, 4) is 17.2 Å². The summed E-state index contributed by atoms with van der Waals surface area (Å²) < 4.78 is 16.2. The van der Waals surface area contributed by atoms with E-state index in [4.69, 9.17) is 14.2 Å². The summed E-state index contributed by atoms with van der Waals surface area (Å²) in [4.78, 5) is 17.8. The van der Waals surface area contributed by atoms with Crippen LogP contribution in [0.3, 0.4) is 0 Å². The molecule has 0 saturated heterocycles. The van der Waals surface area contributed by atoms with Crippen LogP contribution in [0.1, 0.15) is 12.5 Å². The summed E-state index contributed by atoms with van der Waals surface area (Å²) >= 11 is 0. The van der Waals surface area contributed by atoms with E-state index in [2.05, 4.69) is 15.6 Å². The smallest absolute Gasteiger partial charge is 0.259 e. The molecule has 2 aromatic carbocycles. The van der Waals surface area contributed by atoms with Crippen LogP contribution in [0, 0.1) is 0 Å². The summed E-state index contributed by atoms with van der Waals surface area (Å²) in [6.07, 6.45) is 0. The Kier molecular flexibility index (Phi) is 8.80. The number of rotatable bonds is 9. The fourth-order valence-corrected chi connectivity index (χ4v) is 2.54. The summed E-state index contributed by atoms with van der Waals surface area (Å²) in [7, 11) is 6.60. The molecule has 0 unspecified atom stereocenters. The van der Waals surface area contributed by atoms with Crippen LogP contribution in [0.5, 0.6) is 17.2 Å². The number of methoxy groups -OCH3 is 2. The predicted molar refractivity (Wildman–Crippen MR) is 119 cm³/mol. The van der Waals surface area contributed by atoms with Gasteiger partial charge < -0.3 is 29.7 Å². The number of anilines is 1. The normalized spacial score (nSPS) is 10.9. The number of hydrogen-bond donors (Lipinski definition) is 2. The van der Waals surface area contributed by atoms with Crippen molar-refractivity contribution in [2.75, 3.05) is 46.8 Å². The van der Waals surface area contributed by atoms with Crippen molar-refractivity contribution >= 4 is 17.6 Å². The largest absolute Gasteiger partial charge is 0.493 e. The van der Waals surface area contributed by atoms with Gasteiger partial charge in [0.05, 0.1) is 20.8 Å². The second kappa shape index (κ2) is 11.5. The molecule has 30 heavy (non-hydrogen) atoms. The number of ether oxygens (including phenoxy) is 3. The van der Waals surface area contributed by atoms with Gasteiger partial charge in [0.25, 0.3) is 5.91 Å². The van der Waals surface area contributed by atoms with Gasteiger partial charge in [0.2, 0.25) is 0 Å². The van der Waals surface area contributed by atoms with E-state index in [9.17, 15) is 4.79 Å². The standard InChI is InChI=1S/C22H30N4O4/c1-6-23-22(25-17-10-11-19(28-4)20(13-17)29-5)24-14-16-8-7-9-18(12-16)30-15-21(27)26(2)3/h7-13H,6,14-15H2,1-5H3,(H2,23,24,25). The van der Waals surface area contributed by atoms with Crippen LogP contribution in [-0.2, 0) is 11.3 Å². The molecule has 0 atom stereocenters. The van der Waals surface area contributed by atoms with E-state index in [1.165, 1.54) is 4.90 Å².